The van der Waals surface area contributed by atoms with Crippen LogP contribution < -0.4 is 0 Å². The minimum atomic E-state index is -1.17. The van der Waals surface area contributed by atoms with Crippen molar-refractivity contribution in [2.75, 3.05) is 0 Å². The van der Waals surface area contributed by atoms with Crippen molar-refractivity contribution < 1.29 is 30.0 Å². The second kappa shape index (κ2) is 7.59. The first kappa shape index (κ1) is 26.2. The van der Waals surface area contributed by atoms with Gasteiger partial charge in [-0.15, -0.1) is 0 Å². The highest BCUT2D eigenvalue weighted by Gasteiger charge is 2.72. The van der Waals surface area contributed by atoms with Crippen LogP contribution in [-0.4, -0.2) is 44.6 Å². The molecule has 6 nitrogen and oxygen atoms in total. The molecule has 6 heteroatoms. The summed E-state index contributed by atoms with van der Waals surface area (Å²) in [6, 6.07) is 0. The van der Waals surface area contributed by atoms with E-state index in [0.29, 0.717) is 19.3 Å². The third kappa shape index (κ3) is 2.92. The average molecular weight is 503 g/mol. The van der Waals surface area contributed by atoms with Crippen LogP contribution in [0.25, 0.3) is 0 Å². The third-order valence-corrected chi connectivity index (χ3v) is 13.2. The van der Waals surface area contributed by atoms with Crippen molar-refractivity contribution >= 4 is 11.9 Å². The molecule has 4 N–H and O–H groups in total. The van der Waals surface area contributed by atoms with Gasteiger partial charge in [0, 0.05) is 0 Å². The highest BCUT2D eigenvalue weighted by Crippen LogP contribution is 2.75. The normalized spacial score (nSPS) is 53.7. The lowest BCUT2D eigenvalue weighted by Gasteiger charge is -2.71. The standard InChI is InChI=1S/C30H46O6/c1-25(2)13-14-30(24(35)36)18(15-25)17-7-8-19-26(3)11-10-21(31)29(6,23(33)34)20(26)9-12-27(19,4)28(17,5)16-22(30)32/h7,18-22,31-32H,8-16H2,1-6H3,(H,33,34)(H,35,36)/t18?,19?,20?,21-,22+,26+,27+,28+,29-,30+/m0/s1. The zero-order chi connectivity index (χ0) is 26.7. The molecule has 202 valence electrons. The highest BCUT2D eigenvalue weighted by atomic mass is 16.4. The predicted octanol–water partition coefficient (Wildman–Crippen LogP) is 5.27. The summed E-state index contributed by atoms with van der Waals surface area (Å²) < 4.78 is 0. The number of fused-ring (bicyclic) bond motifs is 7. The van der Waals surface area contributed by atoms with Crippen LogP contribution in [0.1, 0.15) is 99.3 Å². The lowest BCUT2D eigenvalue weighted by Crippen LogP contribution is -2.68. The Balaban J connectivity index is 1.63. The van der Waals surface area contributed by atoms with Gasteiger partial charge in [-0.25, -0.2) is 0 Å². The molecular weight excluding hydrogens is 456 g/mol. The fraction of sp³-hybridized carbons (Fsp3) is 0.867. The van der Waals surface area contributed by atoms with E-state index in [2.05, 4.69) is 40.7 Å². The molecule has 0 bridgehead atoms. The Kier molecular flexibility index (Phi) is 5.53. The molecule has 0 spiro atoms. The third-order valence-electron chi connectivity index (χ3n) is 13.2. The van der Waals surface area contributed by atoms with Gasteiger partial charge >= 0.3 is 11.9 Å². The van der Waals surface area contributed by atoms with E-state index in [1.165, 1.54) is 5.57 Å². The van der Waals surface area contributed by atoms with Crippen LogP contribution >= 0.6 is 0 Å². The second-order valence-corrected chi connectivity index (χ2v) is 14.9. The fourth-order valence-corrected chi connectivity index (χ4v) is 10.7. The Bertz CT molecular complexity index is 1020. The second-order valence-electron chi connectivity index (χ2n) is 14.9. The zero-order valence-electron chi connectivity index (χ0n) is 22.9. The Morgan fingerprint density at radius 3 is 2.08 bits per heavy atom. The van der Waals surface area contributed by atoms with Crippen molar-refractivity contribution in [3.8, 4) is 0 Å². The molecule has 0 aromatic carbocycles. The number of carboxylic acid groups (broad SMARTS) is 2. The minimum absolute atomic E-state index is 0.0205. The molecule has 4 fully saturated rings. The van der Waals surface area contributed by atoms with Gasteiger partial charge < -0.3 is 20.4 Å². The Morgan fingerprint density at radius 1 is 0.806 bits per heavy atom. The van der Waals surface area contributed by atoms with Gasteiger partial charge in [-0.1, -0.05) is 46.3 Å². The van der Waals surface area contributed by atoms with E-state index in [1.807, 2.05) is 0 Å². The fourth-order valence-electron chi connectivity index (χ4n) is 10.7. The van der Waals surface area contributed by atoms with Crippen LogP contribution in [0.2, 0.25) is 0 Å². The summed E-state index contributed by atoms with van der Waals surface area (Å²) in [6.45, 7) is 13.0. The lowest BCUT2D eigenvalue weighted by molar-refractivity contribution is -0.225. The number of rotatable bonds is 2. The van der Waals surface area contributed by atoms with Crippen molar-refractivity contribution in [1.29, 1.82) is 0 Å². The largest absolute Gasteiger partial charge is 0.481 e. The van der Waals surface area contributed by atoms with E-state index in [-0.39, 0.29) is 39.4 Å². The molecule has 0 aromatic heterocycles. The molecule has 36 heavy (non-hydrogen) atoms. The number of hydrogen-bond acceptors (Lipinski definition) is 4. The molecule has 0 aliphatic heterocycles. The highest BCUT2D eigenvalue weighted by molar-refractivity contribution is 5.78. The van der Waals surface area contributed by atoms with E-state index in [1.54, 1.807) is 6.92 Å². The van der Waals surface area contributed by atoms with Gasteiger partial charge in [0.2, 0.25) is 0 Å². The van der Waals surface area contributed by atoms with Crippen molar-refractivity contribution in [2.45, 2.75) is 112 Å². The van der Waals surface area contributed by atoms with Crippen LogP contribution in [0.15, 0.2) is 11.6 Å². The molecule has 0 heterocycles. The van der Waals surface area contributed by atoms with Gasteiger partial charge in [0.15, 0.2) is 0 Å². The van der Waals surface area contributed by atoms with E-state index in [0.717, 1.165) is 38.5 Å². The zero-order valence-corrected chi connectivity index (χ0v) is 22.9. The molecule has 10 atom stereocenters. The summed E-state index contributed by atoms with van der Waals surface area (Å²) in [5, 5.41) is 43.3. The van der Waals surface area contributed by atoms with E-state index in [4.69, 9.17) is 0 Å². The van der Waals surface area contributed by atoms with Crippen molar-refractivity contribution in [3.05, 3.63) is 11.6 Å². The van der Waals surface area contributed by atoms with Crippen LogP contribution in [0, 0.1) is 50.2 Å². The predicted molar refractivity (Wildman–Crippen MR) is 136 cm³/mol. The minimum Gasteiger partial charge on any atom is -0.481 e. The van der Waals surface area contributed by atoms with Crippen LogP contribution in [0.5, 0.6) is 0 Å². The molecule has 4 saturated carbocycles. The quantitative estimate of drug-likeness (QED) is 0.383. The van der Waals surface area contributed by atoms with E-state index in [9.17, 15) is 30.0 Å². The molecule has 5 aliphatic carbocycles. The summed E-state index contributed by atoms with van der Waals surface area (Å²) in [5.41, 5.74) is -1.82. The first-order valence-corrected chi connectivity index (χ1v) is 14.0. The van der Waals surface area contributed by atoms with Crippen molar-refractivity contribution in [3.63, 3.8) is 0 Å². The number of aliphatic hydroxyl groups excluding tert-OH is 2. The lowest BCUT2D eigenvalue weighted by atomic mass is 9.33. The molecule has 5 rings (SSSR count). The summed E-state index contributed by atoms with van der Waals surface area (Å²) in [5.74, 6) is -1.86. The monoisotopic (exact) mass is 502 g/mol. The molecule has 5 aliphatic rings. The molecule has 3 unspecified atom stereocenters. The molecule has 0 aromatic rings. The Labute approximate surface area is 215 Å². The maximum absolute atomic E-state index is 12.8. The van der Waals surface area contributed by atoms with Crippen LogP contribution in [0.4, 0.5) is 0 Å². The molecule has 0 amide bonds. The smallest absolute Gasteiger partial charge is 0.312 e. The number of carbonyl (C=O) groups is 2. The van der Waals surface area contributed by atoms with Crippen molar-refractivity contribution in [2.24, 2.45) is 50.2 Å². The molecular formula is C30H46O6. The first-order chi connectivity index (χ1) is 16.5. The number of hydrogen-bond donors (Lipinski definition) is 4. The van der Waals surface area contributed by atoms with Gasteiger partial charge in [0.05, 0.1) is 17.6 Å². The topological polar surface area (TPSA) is 115 Å². The molecule has 0 saturated heterocycles. The Morgan fingerprint density at radius 2 is 1.47 bits per heavy atom. The van der Waals surface area contributed by atoms with E-state index >= 15 is 0 Å². The molecule has 0 radical (unpaired) electrons. The Hall–Kier alpha value is -1.40. The summed E-state index contributed by atoms with van der Waals surface area (Å²) in [4.78, 5) is 25.3. The maximum atomic E-state index is 12.8. The van der Waals surface area contributed by atoms with Crippen LogP contribution in [0.3, 0.4) is 0 Å². The number of aliphatic carboxylic acids is 2. The van der Waals surface area contributed by atoms with E-state index < -0.39 is 35.0 Å². The summed E-state index contributed by atoms with van der Waals surface area (Å²) in [6.07, 6.45) is 6.70. The van der Waals surface area contributed by atoms with Gasteiger partial charge in [-0.3, -0.25) is 9.59 Å². The SMILES string of the molecule is CC1(C)CC[C@@]2(C(=O)O)C(C1)C1=CCC3[C@@]4(C)CC[C@H](O)[C@@](C)(C(=O)O)C4CC[C@@]3(C)[C@]1(C)C[C@H]2O. The number of carboxylic acids is 2. The maximum Gasteiger partial charge on any atom is 0.312 e. The summed E-state index contributed by atoms with van der Waals surface area (Å²) in [7, 11) is 0. The van der Waals surface area contributed by atoms with Gasteiger partial charge in [-0.2, -0.15) is 0 Å². The van der Waals surface area contributed by atoms with Crippen LogP contribution in [-0.2, 0) is 9.59 Å². The number of aliphatic hydroxyl groups is 2. The first-order valence-electron chi connectivity index (χ1n) is 14.0. The van der Waals surface area contributed by atoms with Gasteiger partial charge in [0.1, 0.15) is 5.41 Å². The number of allylic oxidation sites excluding steroid dienone is 2. The average Bonchev–Trinajstić information content (AvgIpc) is 2.76. The van der Waals surface area contributed by atoms with Gasteiger partial charge in [0.25, 0.3) is 0 Å². The summed E-state index contributed by atoms with van der Waals surface area (Å²) >= 11 is 0. The van der Waals surface area contributed by atoms with Crippen molar-refractivity contribution in [1.82, 2.24) is 0 Å². The van der Waals surface area contributed by atoms with Gasteiger partial charge in [-0.05, 0) is 104 Å².